The van der Waals surface area contributed by atoms with Crippen LogP contribution < -0.4 is 5.32 Å². The second kappa shape index (κ2) is 6.65. The highest BCUT2D eigenvalue weighted by atomic mass is 16.2. The molecule has 0 aliphatic carbocycles. The minimum atomic E-state index is -0.0630. The van der Waals surface area contributed by atoms with E-state index in [4.69, 9.17) is 0 Å². The molecule has 0 radical (unpaired) electrons. The molecule has 128 valence electrons. The highest BCUT2D eigenvalue weighted by Crippen LogP contribution is 2.26. The molecular weight excluding hydrogens is 302 g/mol. The van der Waals surface area contributed by atoms with Gasteiger partial charge in [-0.15, -0.1) is 0 Å². The molecule has 2 atom stereocenters. The number of carbonyl (C=O) groups excluding carboxylic acids is 1. The number of hydrogen-bond donors (Lipinski definition) is 1. The molecule has 1 N–H and O–H groups in total. The molecule has 0 unspecified atom stereocenters. The van der Waals surface area contributed by atoms with Gasteiger partial charge in [0.2, 0.25) is 0 Å². The minimum Gasteiger partial charge on any atom is -0.321 e. The van der Waals surface area contributed by atoms with Crippen LogP contribution in [0.15, 0.2) is 36.5 Å². The number of likely N-dealkylation sites (N-methyl/N-ethyl adjacent to an activating group) is 1. The number of anilines is 1. The topological polar surface area (TPSA) is 53.4 Å². The molecule has 1 fully saturated rings. The van der Waals surface area contributed by atoms with E-state index in [1.54, 1.807) is 4.68 Å². The number of rotatable bonds is 2. The van der Waals surface area contributed by atoms with Crippen LogP contribution >= 0.6 is 0 Å². The van der Waals surface area contributed by atoms with Gasteiger partial charge in [0.15, 0.2) is 0 Å². The maximum absolute atomic E-state index is 12.7. The Morgan fingerprint density at radius 1 is 1.12 bits per heavy atom. The fourth-order valence-corrected chi connectivity index (χ4v) is 3.15. The van der Waals surface area contributed by atoms with Gasteiger partial charge in [0.05, 0.1) is 5.69 Å². The number of benzene rings is 1. The van der Waals surface area contributed by atoms with Crippen molar-refractivity contribution in [2.45, 2.75) is 25.9 Å². The van der Waals surface area contributed by atoms with Crippen molar-refractivity contribution in [1.82, 2.24) is 19.6 Å². The van der Waals surface area contributed by atoms with E-state index in [1.807, 2.05) is 48.5 Å². The van der Waals surface area contributed by atoms with E-state index in [1.165, 1.54) is 0 Å². The number of nitrogens with one attached hydrogen (secondary N) is 1. The lowest BCUT2D eigenvalue weighted by Crippen LogP contribution is -2.57. The molecule has 1 aliphatic heterocycles. The van der Waals surface area contributed by atoms with Crippen LogP contribution in [0.5, 0.6) is 0 Å². The first-order valence-electron chi connectivity index (χ1n) is 8.32. The van der Waals surface area contributed by atoms with Gasteiger partial charge in [-0.05, 0) is 20.9 Å². The van der Waals surface area contributed by atoms with Crippen molar-refractivity contribution in [2.75, 3.05) is 25.5 Å². The Bertz CT molecular complexity index is 699. The summed E-state index contributed by atoms with van der Waals surface area (Å²) in [6.45, 7) is 5.76. The predicted molar refractivity (Wildman–Crippen MR) is 95.9 cm³/mol. The molecule has 0 bridgehead atoms. The number of aryl methyl sites for hydroxylation is 1. The Morgan fingerprint density at radius 2 is 1.75 bits per heavy atom. The molecule has 0 saturated carbocycles. The van der Waals surface area contributed by atoms with E-state index in [9.17, 15) is 4.79 Å². The average Bonchev–Trinajstić information content (AvgIpc) is 2.93. The molecular formula is C18H25N5O. The van der Waals surface area contributed by atoms with Crippen molar-refractivity contribution in [3.05, 3.63) is 36.5 Å². The van der Waals surface area contributed by atoms with Gasteiger partial charge in [-0.2, -0.15) is 5.10 Å². The molecule has 6 nitrogen and oxygen atoms in total. The van der Waals surface area contributed by atoms with Gasteiger partial charge in [0.1, 0.15) is 5.69 Å². The first-order chi connectivity index (χ1) is 11.5. The van der Waals surface area contributed by atoms with Gasteiger partial charge in [-0.1, -0.05) is 30.3 Å². The SMILES string of the molecule is C[C@@H]1CN(C(=O)Nc2cn(C)nc2-c2ccccc2)C[C@H](C)N1C. The summed E-state index contributed by atoms with van der Waals surface area (Å²) in [5.74, 6) is 0. The summed E-state index contributed by atoms with van der Waals surface area (Å²) in [6.07, 6.45) is 1.85. The lowest BCUT2D eigenvalue weighted by atomic mass is 10.1. The van der Waals surface area contributed by atoms with E-state index in [0.717, 1.165) is 30.0 Å². The first kappa shape index (κ1) is 16.5. The second-order valence-electron chi connectivity index (χ2n) is 6.63. The molecule has 1 aliphatic rings. The maximum atomic E-state index is 12.7. The molecule has 1 aromatic heterocycles. The van der Waals surface area contributed by atoms with Gasteiger partial charge in [0.25, 0.3) is 0 Å². The zero-order valence-corrected chi connectivity index (χ0v) is 14.7. The summed E-state index contributed by atoms with van der Waals surface area (Å²) < 4.78 is 1.73. The van der Waals surface area contributed by atoms with E-state index in [2.05, 4.69) is 36.2 Å². The summed E-state index contributed by atoms with van der Waals surface area (Å²) in [6, 6.07) is 10.5. The van der Waals surface area contributed by atoms with Crippen LogP contribution in [-0.4, -0.2) is 57.8 Å². The zero-order valence-electron chi connectivity index (χ0n) is 14.7. The van der Waals surface area contributed by atoms with Crippen LogP contribution in [0.1, 0.15) is 13.8 Å². The van der Waals surface area contributed by atoms with Gasteiger partial charge in [-0.3, -0.25) is 9.58 Å². The minimum absolute atomic E-state index is 0.0630. The fourth-order valence-electron chi connectivity index (χ4n) is 3.15. The molecule has 1 aromatic carbocycles. The molecule has 2 heterocycles. The highest BCUT2D eigenvalue weighted by molar-refractivity contribution is 5.93. The van der Waals surface area contributed by atoms with E-state index >= 15 is 0 Å². The van der Waals surface area contributed by atoms with Crippen LogP contribution in [0.25, 0.3) is 11.3 Å². The summed E-state index contributed by atoms with van der Waals surface area (Å²) in [5, 5.41) is 7.54. The number of urea groups is 1. The molecule has 6 heteroatoms. The van der Waals surface area contributed by atoms with Crippen molar-refractivity contribution in [3.63, 3.8) is 0 Å². The Kier molecular flexibility index (Phi) is 4.57. The van der Waals surface area contributed by atoms with E-state index in [-0.39, 0.29) is 6.03 Å². The third kappa shape index (κ3) is 3.28. The van der Waals surface area contributed by atoms with Gasteiger partial charge >= 0.3 is 6.03 Å². The summed E-state index contributed by atoms with van der Waals surface area (Å²) in [4.78, 5) is 16.9. The van der Waals surface area contributed by atoms with Crippen molar-refractivity contribution in [3.8, 4) is 11.3 Å². The third-order valence-corrected chi connectivity index (χ3v) is 4.76. The van der Waals surface area contributed by atoms with Crippen LogP contribution in [0.3, 0.4) is 0 Å². The smallest absolute Gasteiger partial charge is 0.321 e. The predicted octanol–water partition coefficient (Wildman–Crippen LogP) is 2.64. The Hall–Kier alpha value is -2.34. The normalized spacial score (nSPS) is 21.8. The number of piperazine rings is 1. The Balaban J connectivity index is 1.78. The number of aromatic nitrogens is 2. The van der Waals surface area contributed by atoms with Crippen molar-refractivity contribution < 1.29 is 4.79 Å². The van der Waals surface area contributed by atoms with Crippen molar-refractivity contribution in [2.24, 2.45) is 7.05 Å². The van der Waals surface area contributed by atoms with E-state index < -0.39 is 0 Å². The summed E-state index contributed by atoms with van der Waals surface area (Å²) in [5.41, 5.74) is 2.53. The van der Waals surface area contributed by atoms with E-state index in [0.29, 0.717) is 12.1 Å². The Morgan fingerprint density at radius 3 is 2.38 bits per heavy atom. The molecule has 24 heavy (non-hydrogen) atoms. The number of amides is 2. The summed E-state index contributed by atoms with van der Waals surface area (Å²) in [7, 11) is 3.97. The lowest BCUT2D eigenvalue weighted by Gasteiger charge is -2.42. The van der Waals surface area contributed by atoms with Crippen molar-refractivity contribution >= 4 is 11.7 Å². The monoisotopic (exact) mass is 327 g/mol. The summed E-state index contributed by atoms with van der Waals surface area (Å²) >= 11 is 0. The molecule has 3 rings (SSSR count). The lowest BCUT2D eigenvalue weighted by molar-refractivity contribution is 0.0816. The molecule has 2 amide bonds. The molecule has 0 spiro atoms. The quantitative estimate of drug-likeness (QED) is 0.922. The van der Waals surface area contributed by atoms with Crippen LogP contribution in [0.2, 0.25) is 0 Å². The molecule has 2 aromatic rings. The molecule has 1 saturated heterocycles. The third-order valence-electron chi connectivity index (χ3n) is 4.76. The van der Waals surface area contributed by atoms with Crippen LogP contribution in [-0.2, 0) is 7.05 Å². The standard InChI is InChI=1S/C18H25N5O/c1-13-10-23(11-14(2)22(13)4)18(24)19-16-12-21(3)20-17(16)15-8-6-5-7-9-15/h5-9,12-14H,10-11H2,1-4H3,(H,19,24)/t13-,14+. The first-order valence-corrected chi connectivity index (χ1v) is 8.32. The van der Waals surface area contributed by atoms with Gasteiger partial charge in [0, 0.05) is 44.0 Å². The number of carbonyl (C=O) groups is 1. The number of hydrogen-bond acceptors (Lipinski definition) is 3. The van der Waals surface area contributed by atoms with Crippen LogP contribution in [0.4, 0.5) is 10.5 Å². The zero-order chi connectivity index (χ0) is 17.3. The highest BCUT2D eigenvalue weighted by Gasteiger charge is 2.29. The van der Waals surface area contributed by atoms with Gasteiger partial charge < -0.3 is 10.2 Å². The van der Waals surface area contributed by atoms with Gasteiger partial charge in [-0.25, -0.2) is 4.79 Å². The largest absolute Gasteiger partial charge is 0.322 e. The Labute approximate surface area is 143 Å². The maximum Gasteiger partial charge on any atom is 0.322 e. The fraction of sp³-hybridized carbons (Fsp3) is 0.444. The van der Waals surface area contributed by atoms with Crippen molar-refractivity contribution in [1.29, 1.82) is 0 Å². The second-order valence-corrected chi connectivity index (χ2v) is 6.63. The average molecular weight is 327 g/mol. The van der Waals surface area contributed by atoms with Crippen LogP contribution in [0, 0.1) is 0 Å². The number of nitrogens with zero attached hydrogens (tertiary/aromatic N) is 4.